The SMILES string of the molecule is CCOC(=O)c1cccc(F)c1-c1ccc(C#N)cc1. The number of nitrogens with zero attached hydrogens (tertiary/aromatic N) is 1. The van der Waals surface area contributed by atoms with Crippen molar-refractivity contribution >= 4 is 5.97 Å². The zero-order chi connectivity index (χ0) is 14.5. The predicted molar refractivity (Wildman–Crippen MR) is 72.5 cm³/mol. The second-order valence-electron chi connectivity index (χ2n) is 4.07. The van der Waals surface area contributed by atoms with E-state index in [-0.39, 0.29) is 17.7 Å². The number of nitriles is 1. The Labute approximate surface area is 116 Å². The first-order valence-corrected chi connectivity index (χ1v) is 6.13. The minimum Gasteiger partial charge on any atom is -0.462 e. The Morgan fingerprint density at radius 2 is 1.95 bits per heavy atom. The van der Waals surface area contributed by atoms with Gasteiger partial charge in [0.25, 0.3) is 0 Å². The molecule has 0 aliphatic carbocycles. The number of benzene rings is 2. The van der Waals surface area contributed by atoms with Crippen molar-refractivity contribution in [2.24, 2.45) is 0 Å². The third-order valence-electron chi connectivity index (χ3n) is 2.81. The molecule has 3 nitrogen and oxygen atoms in total. The molecule has 2 aromatic carbocycles. The summed E-state index contributed by atoms with van der Waals surface area (Å²) in [5.41, 5.74) is 1.37. The lowest BCUT2D eigenvalue weighted by atomic mass is 9.98. The lowest BCUT2D eigenvalue weighted by molar-refractivity contribution is 0.0527. The van der Waals surface area contributed by atoms with Crippen LogP contribution < -0.4 is 0 Å². The highest BCUT2D eigenvalue weighted by atomic mass is 19.1. The highest BCUT2D eigenvalue weighted by Gasteiger charge is 2.17. The van der Waals surface area contributed by atoms with Crippen LogP contribution in [-0.4, -0.2) is 12.6 Å². The molecule has 0 spiro atoms. The molecule has 20 heavy (non-hydrogen) atoms. The molecule has 0 radical (unpaired) electrons. The number of esters is 1. The van der Waals surface area contributed by atoms with Gasteiger partial charge in [0, 0.05) is 5.56 Å². The van der Waals surface area contributed by atoms with Crippen molar-refractivity contribution in [2.45, 2.75) is 6.92 Å². The number of hydrogen-bond acceptors (Lipinski definition) is 3. The van der Waals surface area contributed by atoms with E-state index in [0.29, 0.717) is 11.1 Å². The monoisotopic (exact) mass is 269 g/mol. The molecule has 2 aromatic rings. The van der Waals surface area contributed by atoms with Gasteiger partial charge in [-0.15, -0.1) is 0 Å². The molecule has 0 saturated heterocycles. The zero-order valence-corrected chi connectivity index (χ0v) is 10.9. The number of halogens is 1. The van der Waals surface area contributed by atoms with E-state index >= 15 is 0 Å². The third kappa shape index (κ3) is 2.67. The highest BCUT2D eigenvalue weighted by Crippen LogP contribution is 2.27. The number of rotatable bonds is 3. The molecular formula is C16H12FNO2. The third-order valence-corrected chi connectivity index (χ3v) is 2.81. The normalized spacial score (nSPS) is 9.85. The molecule has 0 saturated carbocycles. The molecule has 0 aliphatic heterocycles. The molecular weight excluding hydrogens is 257 g/mol. The van der Waals surface area contributed by atoms with Crippen LogP contribution in [0.5, 0.6) is 0 Å². The zero-order valence-electron chi connectivity index (χ0n) is 10.9. The van der Waals surface area contributed by atoms with E-state index in [4.69, 9.17) is 10.00 Å². The van der Waals surface area contributed by atoms with Gasteiger partial charge in [-0.3, -0.25) is 0 Å². The van der Waals surface area contributed by atoms with Crippen LogP contribution in [0.4, 0.5) is 4.39 Å². The maximum Gasteiger partial charge on any atom is 0.338 e. The summed E-state index contributed by atoms with van der Waals surface area (Å²) >= 11 is 0. The van der Waals surface area contributed by atoms with Gasteiger partial charge in [-0.2, -0.15) is 5.26 Å². The van der Waals surface area contributed by atoms with Gasteiger partial charge in [-0.25, -0.2) is 9.18 Å². The lowest BCUT2D eigenvalue weighted by Crippen LogP contribution is -2.07. The van der Waals surface area contributed by atoms with E-state index in [0.717, 1.165) is 0 Å². The minimum absolute atomic E-state index is 0.177. The summed E-state index contributed by atoms with van der Waals surface area (Å²) in [6.07, 6.45) is 0. The molecule has 0 N–H and O–H groups in total. The van der Waals surface area contributed by atoms with E-state index in [1.807, 2.05) is 6.07 Å². The van der Waals surface area contributed by atoms with Crippen LogP contribution >= 0.6 is 0 Å². The van der Waals surface area contributed by atoms with Gasteiger partial charge < -0.3 is 4.74 Å². The van der Waals surface area contributed by atoms with Crippen molar-refractivity contribution < 1.29 is 13.9 Å². The first-order chi connectivity index (χ1) is 9.67. The van der Waals surface area contributed by atoms with Gasteiger partial charge in [0.2, 0.25) is 0 Å². The van der Waals surface area contributed by atoms with Crippen molar-refractivity contribution in [1.82, 2.24) is 0 Å². The number of carbonyl (C=O) groups excluding carboxylic acids is 1. The Hall–Kier alpha value is -2.67. The van der Waals surface area contributed by atoms with Crippen molar-refractivity contribution in [2.75, 3.05) is 6.61 Å². The molecule has 0 aromatic heterocycles. The van der Waals surface area contributed by atoms with Crippen LogP contribution in [0.3, 0.4) is 0 Å². The molecule has 100 valence electrons. The van der Waals surface area contributed by atoms with Crippen LogP contribution in [0.1, 0.15) is 22.8 Å². The maximum absolute atomic E-state index is 14.0. The molecule has 0 aliphatic rings. The summed E-state index contributed by atoms with van der Waals surface area (Å²) in [7, 11) is 0. The maximum atomic E-state index is 14.0. The first-order valence-electron chi connectivity index (χ1n) is 6.13. The van der Waals surface area contributed by atoms with Crippen molar-refractivity contribution in [1.29, 1.82) is 5.26 Å². The first kappa shape index (κ1) is 13.8. The van der Waals surface area contributed by atoms with Gasteiger partial charge in [0.05, 0.1) is 23.8 Å². The van der Waals surface area contributed by atoms with Gasteiger partial charge >= 0.3 is 5.97 Å². The average Bonchev–Trinajstić information content (AvgIpc) is 2.47. The molecule has 2 rings (SSSR count). The predicted octanol–water partition coefficient (Wildman–Crippen LogP) is 3.54. The molecule has 0 atom stereocenters. The molecule has 0 heterocycles. The summed E-state index contributed by atoms with van der Waals surface area (Å²) in [5.74, 6) is -1.06. The summed E-state index contributed by atoms with van der Waals surface area (Å²) in [4.78, 5) is 11.9. The summed E-state index contributed by atoms with van der Waals surface area (Å²) < 4.78 is 19.0. The number of ether oxygens (including phenoxy) is 1. The van der Waals surface area contributed by atoms with E-state index < -0.39 is 11.8 Å². The fourth-order valence-electron chi connectivity index (χ4n) is 1.91. The quantitative estimate of drug-likeness (QED) is 0.801. The molecule has 0 fully saturated rings. The molecule has 0 bridgehead atoms. The van der Waals surface area contributed by atoms with E-state index in [1.165, 1.54) is 18.2 Å². The van der Waals surface area contributed by atoms with Crippen LogP contribution in [-0.2, 0) is 4.74 Å². The van der Waals surface area contributed by atoms with Crippen LogP contribution in [0, 0.1) is 17.1 Å². The average molecular weight is 269 g/mol. The lowest BCUT2D eigenvalue weighted by Gasteiger charge is -2.10. The van der Waals surface area contributed by atoms with Crippen molar-refractivity contribution in [3.05, 3.63) is 59.4 Å². The largest absolute Gasteiger partial charge is 0.462 e. The smallest absolute Gasteiger partial charge is 0.338 e. The minimum atomic E-state index is -0.564. The van der Waals surface area contributed by atoms with Gasteiger partial charge in [-0.05, 0) is 36.8 Å². The number of hydrogen-bond donors (Lipinski definition) is 0. The van der Waals surface area contributed by atoms with Crippen LogP contribution in [0.2, 0.25) is 0 Å². The summed E-state index contributed by atoms with van der Waals surface area (Å²) in [6.45, 7) is 1.92. The van der Waals surface area contributed by atoms with Crippen molar-refractivity contribution in [3.63, 3.8) is 0 Å². The Bertz CT molecular complexity index is 672. The van der Waals surface area contributed by atoms with Gasteiger partial charge in [-0.1, -0.05) is 18.2 Å². The molecule has 4 heteroatoms. The Kier molecular flexibility index (Phi) is 4.11. The second kappa shape index (κ2) is 5.98. The second-order valence-corrected chi connectivity index (χ2v) is 4.07. The van der Waals surface area contributed by atoms with E-state index in [9.17, 15) is 9.18 Å². The Morgan fingerprint density at radius 3 is 2.55 bits per heavy atom. The van der Waals surface area contributed by atoms with E-state index in [1.54, 1.807) is 31.2 Å². The Morgan fingerprint density at radius 1 is 1.25 bits per heavy atom. The number of carbonyl (C=O) groups is 1. The van der Waals surface area contributed by atoms with Gasteiger partial charge in [0.15, 0.2) is 0 Å². The topological polar surface area (TPSA) is 50.1 Å². The fraction of sp³-hybridized carbons (Fsp3) is 0.125. The van der Waals surface area contributed by atoms with Crippen LogP contribution in [0.15, 0.2) is 42.5 Å². The fourth-order valence-corrected chi connectivity index (χ4v) is 1.91. The Balaban J connectivity index is 2.54. The molecule has 0 unspecified atom stereocenters. The van der Waals surface area contributed by atoms with Crippen molar-refractivity contribution in [3.8, 4) is 17.2 Å². The standard InChI is InChI=1S/C16H12FNO2/c1-2-20-16(19)13-4-3-5-14(17)15(13)12-8-6-11(10-18)7-9-12/h3-9H,2H2,1H3. The molecule has 0 amide bonds. The van der Waals surface area contributed by atoms with Gasteiger partial charge in [0.1, 0.15) is 5.82 Å². The highest BCUT2D eigenvalue weighted by molar-refractivity contribution is 5.97. The van der Waals surface area contributed by atoms with Crippen LogP contribution in [0.25, 0.3) is 11.1 Å². The van der Waals surface area contributed by atoms with E-state index in [2.05, 4.69) is 0 Å². The summed E-state index contributed by atoms with van der Waals surface area (Å²) in [5, 5.41) is 8.77. The summed E-state index contributed by atoms with van der Waals surface area (Å²) in [6, 6.07) is 12.7.